The molecule has 0 N–H and O–H groups in total. The molecule has 2 heteroatoms. The molecule has 0 saturated heterocycles. The van der Waals surface area contributed by atoms with Crippen LogP contribution < -0.4 is 0 Å². The first-order chi connectivity index (χ1) is 8.53. The van der Waals surface area contributed by atoms with Crippen LogP contribution in [0, 0.1) is 0 Å². The minimum Gasteiger partial charge on any atom is -0.378 e. The minimum absolute atomic E-state index is 0.198. The molecule has 1 aromatic carbocycles. The Morgan fingerprint density at radius 3 is 2.56 bits per heavy atom. The fourth-order valence-electron chi connectivity index (χ4n) is 2.38. The van der Waals surface area contributed by atoms with Crippen LogP contribution in [0.5, 0.6) is 0 Å². The van der Waals surface area contributed by atoms with Gasteiger partial charge >= 0.3 is 0 Å². The third-order valence-corrected chi connectivity index (χ3v) is 3.95. The van der Waals surface area contributed by atoms with Crippen molar-refractivity contribution in [1.82, 2.24) is 0 Å². The number of Topliss-reactive ketones (excluding diaryl/α,β-unsaturated/α-hetero) is 1. The van der Waals surface area contributed by atoms with Crippen molar-refractivity contribution in [2.75, 3.05) is 7.11 Å². The summed E-state index contributed by atoms with van der Waals surface area (Å²) in [7, 11) is 1.66. The van der Waals surface area contributed by atoms with Crippen LogP contribution in [0.4, 0.5) is 0 Å². The fraction of sp³-hybridized carbons (Fsp3) is 0.562. The first kappa shape index (κ1) is 13.3. The lowest BCUT2D eigenvalue weighted by Gasteiger charge is -2.28. The number of hydrogen-bond acceptors (Lipinski definition) is 2. The van der Waals surface area contributed by atoms with Crippen LogP contribution in [0.15, 0.2) is 24.3 Å². The second-order valence-corrected chi connectivity index (χ2v) is 5.78. The van der Waals surface area contributed by atoms with Crippen molar-refractivity contribution in [1.29, 1.82) is 0 Å². The van der Waals surface area contributed by atoms with Crippen molar-refractivity contribution >= 4 is 5.78 Å². The maximum absolute atomic E-state index is 12.4. The monoisotopic (exact) mass is 246 g/mol. The van der Waals surface area contributed by atoms with Gasteiger partial charge < -0.3 is 4.74 Å². The third kappa shape index (κ3) is 2.81. The van der Waals surface area contributed by atoms with E-state index < -0.39 is 0 Å². The van der Waals surface area contributed by atoms with Gasteiger partial charge in [0.05, 0.1) is 5.60 Å². The highest BCUT2D eigenvalue weighted by Gasteiger charge is 2.27. The summed E-state index contributed by atoms with van der Waals surface area (Å²) in [5.74, 6) is 0.792. The van der Waals surface area contributed by atoms with E-state index in [0.29, 0.717) is 12.3 Å². The van der Waals surface area contributed by atoms with Crippen LogP contribution in [-0.2, 0) is 4.74 Å². The van der Waals surface area contributed by atoms with Crippen molar-refractivity contribution in [3.8, 4) is 0 Å². The lowest BCUT2D eigenvalue weighted by Crippen LogP contribution is -2.27. The SMILES string of the molecule is COC(C)(C)CC(=O)c1ccccc1C1CCC1. The molecule has 2 rings (SSSR count). The number of ether oxygens (including phenoxy) is 1. The molecule has 0 unspecified atom stereocenters. The van der Waals surface area contributed by atoms with E-state index in [-0.39, 0.29) is 11.4 Å². The van der Waals surface area contributed by atoms with Crippen molar-refractivity contribution in [2.24, 2.45) is 0 Å². The van der Waals surface area contributed by atoms with Crippen molar-refractivity contribution in [2.45, 2.75) is 51.0 Å². The van der Waals surface area contributed by atoms with Gasteiger partial charge in [-0.15, -0.1) is 0 Å². The van der Waals surface area contributed by atoms with Crippen molar-refractivity contribution in [3.05, 3.63) is 35.4 Å². The molecule has 0 amide bonds. The first-order valence-electron chi connectivity index (χ1n) is 6.71. The second-order valence-electron chi connectivity index (χ2n) is 5.78. The summed E-state index contributed by atoms with van der Waals surface area (Å²) in [6, 6.07) is 8.06. The summed E-state index contributed by atoms with van der Waals surface area (Å²) in [5.41, 5.74) is 1.75. The summed E-state index contributed by atoms with van der Waals surface area (Å²) in [5, 5.41) is 0. The van der Waals surface area contributed by atoms with Gasteiger partial charge in [-0.25, -0.2) is 0 Å². The van der Waals surface area contributed by atoms with Crippen LogP contribution in [0.25, 0.3) is 0 Å². The van der Waals surface area contributed by atoms with Crippen molar-refractivity contribution < 1.29 is 9.53 Å². The number of ketones is 1. The molecule has 0 aromatic heterocycles. The molecule has 1 saturated carbocycles. The standard InChI is InChI=1S/C16H22O2/c1-16(2,18-3)11-15(17)14-10-5-4-9-13(14)12-7-6-8-12/h4-5,9-10,12H,6-8,11H2,1-3H3. The van der Waals surface area contributed by atoms with Crippen LogP contribution in [-0.4, -0.2) is 18.5 Å². The molecule has 0 atom stereocenters. The Balaban J connectivity index is 2.19. The van der Waals surface area contributed by atoms with Gasteiger partial charge in [-0.1, -0.05) is 30.7 Å². The van der Waals surface area contributed by atoms with Crippen LogP contribution >= 0.6 is 0 Å². The zero-order valence-electron chi connectivity index (χ0n) is 11.5. The molecule has 0 radical (unpaired) electrons. The predicted molar refractivity (Wildman–Crippen MR) is 73.1 cm³/mol. The van der Waals surface area contributed by atoms with Gasteiger partial charge in [0.1, 0.15) is 0 Å². The molecule has 98 valence electrons. The average molecular weight is 246 g/mol. The zero-order valence-corrected chi connectivity index (χ0v) is 11.5. The quantitative estimate of drug-likeness (QED) is 0.735. The number of carbonyl (C=O) groups is 1. The molecular formula is C16H22O2. The Bertz CT molecular complexity index is 430. The largest absolute Gasteiger partial charge is 0.378 e. The van der Waals surface area contributed by atoms with E-state index in [4.69, 9.17) is 4.74 Å². The summed E-state index contributed by atoms with van der Waals surface area (Å²) in [6.45, 7) is 3.91. The summed E-state index contributed by atoms with van der Waals surface area (Å²) >= 11 is 0. The lowest BCUT2D eigenvalue weighted by atomic mass is 9.77. The average Bonchev–Trinajstić information content (AvgIpc) is 2.27. The molecule has 0 spiro atoms. The molecule has 18 heavy (non-hydrogen) atoms. The predicted octanol–water partition coefficient (Wildman–Crippen LogP) is 3.95. The Kier molecular flexibility index (Phi) is 3.86. The summed E-state index contributed by atoms with van der Waals surface area (Å²) < 4.78 is 5.35. The van der Waals surface area contributed by atoms with E-state index in [1.165, 1.54) is 24.8 Å². The molecule has 1 aliphatic rings. The number of carbonyl (C=O) groups excluding carboxylic acids is 1. The molecule has 0 heterocycles. The molecule has 0 bridgehead atoms. The highest BCUT2D eigenvalue weighted by atomic mass is 16.5. The van der Waals surface area contributed by atoms with Gasteiger partial charge in [0.25, 0.3) is 0 Å². The highest BCUT2D eigenvalue weighted by molar-refractivity contribution is 5.98. The summed E-state index contributed by atoms with van der Waals surface area (Å²) in [6.07, 6.45) is 4.17. The van der Waals surface area contributed by atoms with Gasteiger partial charge in [-0.3, -0.25) is 4.79 Å². The maximum Gasteiger partial charge on any atom is 0.166 e. The van der Waals surface area contributed by atoms with E-state index in [9.17, 15) is 4.79 Å². The third-order valence-electron chi connectivity index (χ3n) is 3.95. The van der Waals surface area contributed by atoms with Gasteiger partial charge in [0.2, 0.25) is 0 Å². The Morgan fingerprint density at radius 1 is 1.33 bits per heavy atom. The Hall–Kier alpha value is -1.15. The first-order valence-corrected chi connectivity index (χ1v) is 6.71. The molecule has 1 aromatic rings. The number of benzene rings is 1. The van der Waals surface area contributed by atoms with Crippen LogP contribution in [0.2, 0.25) is 0 Å². The fourth-order valence-corrected chi connectivity index (χ4v) is 2.38. The van der Waals surface area contributed by atoms with Gasteiger partial charge in [0.15, 0.2) is 5.78 Å². The number of hydrogen-bond donors (Lipinski definition) is 0. The maximum atomic E-state index is 12.4. The zero-order chi connectivity index (χ0) is 13.2. The molecule has 1 fully saturated rings. The van der Waals surface area contributed by atoms with Crippen LogP contribution in [0.1, 0.15) is 61.4 Å². The minimum atomic E-state index is -0.385. The topological polar surface area (TPSA) is 26.3 Å². The molecule has 0 aliphatic heterocycles. The number of rotatable bonds is 5. The molecular weight excluding hydrogens is 224 g/mol. The molecule has 2 nitrogen and oxygen atoms in total. The van der Waals surface area contributed by atoms with E-state index in [2.05, 4.69) is 6.07 Å². The smallest absolute Gasteiger partial charge is 0.166 e. The second kappa shape index (κ2) is 5.23. The van der Waals surface area contributed by atoms with E-state index >= 15 is 0 Å². The van der Waals surface area contributed by atoms with E-state index in [1.807, 2.05) is 32.0 Å². The van der Waals surface area contributed by atoms with Crippen LogP contribution in [0.3, 0.4) is 0 Å². The van der Waals surface area contributed by atoms with Gasteiger partial charge in [-0.05, 0) is 38.2 Å². The highest BCUT2D eigenvalue weighted by Crippen LogP contribution is 2.38. The van der Waals surface area contributed by atoms with E-state index in [0.717, 1.165) is 5.56 Å². The Labute approximate surface area is 109 Å². The summed E-state index contributed by atoms with van der Waals surface area (Å²) in [4.78, 5) is 12.4. The lowest BCUT2D eigenvalue weighted by molar-refractivity contribution is 0.0171. The Morgan fingerprint density at radius 2 is 2.00 bits per heavy atom. The van der Waals surface area contributed by atoms with Gasteiger partial charge in [-0.2, -0.15) is 0 Å². The van der Waals surface area contributed by atoms with Gasteiger partial charge in [0, 0.05) is 19.1 Å². The van der Waals surface area contributed by atoms with Crippen molar-refractivity contribution in [3.63, 3.8) is 0 Å². The number of methoxy groups -OCH3 is 1. The molecule has 1 aliphatic carbocycles. The van der Waals surface area contributed by atoms with E-state index in [1.54, 1.807) is 7.11 Å². The normalized spacial score (nSPS) is 16.4.